The molecule has 0 aliphatic rings. The second-order valence-corrected chi connectivity index (χ2v) is 3.77. The van der Waals surface area contributed by atoms with Crippen molar-refractivity contribution in [2.24, 2.45) is 0 Å². The van der Waals surface area contributed by atoms with Gasteiger partial charge in [-0.2, -0.15) is 13.2 Å². The van der Waals surface area contributed by atoms with Crippen LogP contribution < -0.4 is 0 Å². The molecule has 0 aliphatic heterocycles. The van der Waals surface area contributed by atoms with Gasteiger partial charge in [-0.05, 0) is 24.6 Å². The Kier molecular flexibility index (Phi) is 3.97. The van der Waals surface area contributed by atoms with E-state index in [-0.39, 0.29) is 22.8 Å². The molecule has 0 N–H and O–H groups in total. The standard InChI is InChI=1S/C11H10ClF3O/c1-2-3-10(16)8-6-7(11(13,14)15)4-5-9(8)12/h4-6H,2-3H2,1H3. The first kappa shape index (κ1) is 13.0. The summed E-state index contributed by atoms with van der Waals surface area (Å²) in [5.41, 5.74) is -0.908. The molecule has 0 saturated heterocycles. The Balaban J connectivity index is 3.14. The molecule has 0 saturated carbocycles. The number of carbonyl (C=O) groups excluding carboxylic acids is 1. The zero-order valence-corrected chi connectivity index (χ0v) is 9.32. The SMILES string of the molecule is CCCC(=O)c1cc(C(F)(F)F)ccc1Cl. The summed E-state index contributed by atoms with van der Waals surface area (Å²) >= 11 is 5.69. The van der Waals surface area contributed by atoms with Gasteiger partial charge in [-0.15, -0.1) is 0 Å². The van der Waals surface area contributed by atoms with Gasteiger partial charge in [-0.3, -0.25) is 4.79 Å². The Morgan fingerprint density at radius 1 is 1.38 bits per heavy atom. The lowest BCUT2D eigenvalue weighted by atomic mass is 10.0. The highest BCUT2D eigenvalue weighted by Gasteiger charge is 2.31. The van der Waals surface area contributed by atoms with E-state index in [1.807, 2.05) is 0 Å². The van der Waals surface area contributed by atoms with Crippen LogP contribution in [-0.4, -0.2) is 5.78 Å². The molecule has 1 aromatic rings. The largest absolute Gasteiger partial charge is 0.416 e. The van der Waals surface area contributed by atoms with Gasteiger partial charge >= 0.3 is 6.18 Å². The summed E-state index contributed by atoms with van der Waals surface area (Å²) in [5.74, 6) is -0.362. The van der Waals surface area contributed by atoms with Crippen molar-refractivity contribution in [3.05, 3.63) is 34.3 Å². The average Bonchev–Trinajstić information content (AvgIpc) is 2.16. The first-order chi connectivity index (χ1) is 7.36. The monoisotopic (exact) mass is 250 g/mol. The van der Waals surface area contributed by atoms with E-state index in [4.69, 9.17) is 11.6 Å². The summed E-state index contributed by atoms with van der Waals surface area (Å²) in [7, 11) is 0. The maximum Gasteiger partial charge on any atom is 0.416 e. The molecule has 0 atom stereocenters. The number of hydrogen-bond donors (Lipinski definition) is 0. The number of rotatable bonds is 3. The van der Waals surface area contributed by atoms with Crippen molar-refractivity contribution in [1.29, 1.82) is 0 Å². The maximum absolute atomic E-state index is 12.4. The van der Waals surface area contributed by atoms with Gasteiger partial charge in [0, 0.05) is 12.0 Å². The van der Waals surface area contributed by atoms with Crippen molar-refractivity contribution < 1.29 is 18.0 Å². The van der Waals surface area contributed by atoms with Crippen LogP contribution in [0, 0.1) is 0 Å². The topological polar surface area (TPSA) is 17.1 Å². The van der Waals surface area contributed by atoms with Crippen molar-refractivity contribution >= 4 is 17.4 Å². The van der Waals surface area contributed by atoms with Gasteiger partial charge in [0.1, 0.15) is 0 Å². The summed E-state index contributed by atoms with van der Waals surface area (Å²) in [5, 5.41) is 0.0615. The minimum absolute atomic E-state index is 0.0571. The quantitative estimate of drug-likeness (QED) is 0.729. The average molecular weight is 251 g/mol. The third kappa shape index (κ3) is 2.98. The van der Waals surface area contributed by atoms with Crippen LogP contribution in [0.15, 0.2) is 18.2 Å². The van der Waals surface area contributed by atoms with Gasteiger partial charge in [0.25, 0.3) is 0 Å². The van der Waals surface area contributed by atoms with E-state index in [2.05, 4.69) is 0 Å². The van der Waals surface area contributed by atoms with Crippen LogP contribution in [0.3, 0.4) is 0 Å². The molecular weight excluding hydrogens is 241 g/mol. The van der Waals surface area contributed by atoms with Gasteiger partial charge in [0.15, 0.2) is 5.78 Å². The van der Waals surface area contributed by atoms with E-state index >= 15 is 0 Å². The van der Waals surface area contributed by atoms with Gasteiger partial charge in [0.2, 0.25) is 0 Å². The number of hydrogen-bond acceptors (Lipinski definition) is 1. The van der Waals surface area contributed by atoms with Gasteiger partial charge < -0.3 is 0 Å². The molecule has 0 bridgehead atoms. The minimum atomic E-state index is -4.45. The highest BCUT2D eigenvalue weighted by atomic mass is 35.5. The number of Topliss-reactive ketones (excluding diaryl/α,β-unsaturated/α-hetero) is 1. The van der Waals surface area contributed by atoms with Crippen LogP contribution in [0.1, 0.15) is 35.7 Å². The summed E-state index contributed by atoms with van der Waals surface area (Å²) in [6.45, 7) is 1.78. The van der Waals surface area contributed by atoms with Gasteiger partial charge in [-0.1, -0.05) is 18.5 Å². The van der Waals surface area contributed by atoms with Gasteiger partial charge in [-0.25, -0.2) is 0 Å². The van der Waals surface area contributed by atoms with E-state index < -0.39 is 11.7 Å². The lowest BCUT2D eigenvalue weighted by Gasteiger charge is -2.09. The first-order valence-electron chi connectivity index (χ1n) is 4.76. The van der Waals surface area contributed by atoms with Crippen LogP contribution in [-0.2, 0) is 6.18 Å². The molecule has 0 aliphatic carbocycles. The second-order valence-electron chi connectivity index (χ2n) is 3.37. The molecule has 0 amide bonds. The van der Waals surface area contributed by atoms with Crippen LogP contribution in [0.5, 0.6) is 0 Å². The zero-order valence-electron chi connectivity index (χ0n) is 8.57. The zero-order chi connectivity index (χ0) is 12.3. The smallest absolute Gasteiger partial charge is 0.294 e. The molecular formula is C11H10ClF3O. The number of halogens is 4. The Morgan fingerprint density at radius 2 is 2.00 bits per heavy atom. The second kappa shape index (κ2) is 4.87. The van der Waals surface area contributed by atoms with Crippen LogP contribution in [0.25, 0.3) is 0 Å². The van der Waals surface area contributed by atoms with Crippen molar-refractivity contribution in [1.82, 2.24) is 0 Å². The highest BCUT2D eigenvalue weighted by Crippen LogP contribution is 2.32. The molecule has 0 unspecified atom stereocenters. The summed E-state index contributed by atoms with van der Waals surface area (Å²) in [6.07, 6.45) is -3.68. The molecule has 0 radical (unpaired) electrons. The summed E-state index contributed by atoms with van der Waals surface area (Å²) in [6, 6.07) is 2.78. The normalized spacial score (nSPS) is 11.6. The fourth-order valence-corrected chi connectivity index (χ4v) is 1.50. The van der Waals surface area contributed by atoms with E-state index in [0.717, 1.165) is 18.2 Å². The third-order valence-corrected chi connectivity index (χ3v) is 2.40. The molecule has 0 heterocycles. The summed E-state index contributed by atoms with van der Waals surface area (Å²) in [4.78, 5) is 11.5. The van der Waals surface area contributed by atoms with Crippen molar-refractivity contribution in [3.63, 3.8) is 0 Å². The Labute approximate surface area is 96.2 Å². The lowest BCUT2D eigenvalue weighted by Crippen LogP contribution is -2.08. The van der Waals surface area contributed by atoms with Crippen molar-refractivity contribution in [2.45, 2.75) is 25.9 Å². The molecule has 0 fully saturated rings. The van der Waals surface area contributed by atoms with E-state index in [1.54, 1.807) is 6.92 Å². The fourth-order valence-electron chi connectivity index (χ4n) is 1.28. The van der Waals surface area contributed by atoms with E-state index in [9.17, 15) is 18.0 Å². The Bertz CT molecular complexity index is 399. The predicted octanol–water partition coefficient (Wildman–Crippen LogP) is 4.34. The fraction of sp³-hybridized carbons (Fsp3) is 0.364. The predicted molar refractivity (Wildman–Crippen MR) is 55.7 cm³/mol. The number of alkyl halides is 3. The van der Waals surface area contributed by atoms with Crippen molar-refractivity contribution in [2.75, 3.05) is 0 Å². The van der Waals surface area contributed by atoms with Crippen LogP contribution >= 0.6 is 11.6 Å². The molecule has 16 heavy (non-hydrogen) atoms. The minimum Gasteiger partial charge on any atom is -0.294 e. The lowest BCUT2D eigenvalue weighted by molar-refractivity contribution is -0.137. The number of ketones is 1. The molecule has 0 spiro atoms. The highest BCUT2D eigenvalue weighted by molar-refractivity contribution is 6.34. The first-order valence-corrected chi connectivity index (χ1v) is 5.14. The van der Waals surface area contributed by atoms with E-state index in [0.29, 0.717) is 6.42 Å². The van der Waals surface area contributed by atoms with E-state index in [1.165, 1.54) is 0 Å². The van der Waals surface area contributed by atoms with Crippen LogP contribution in [0.2, 0.25) is 5.02 Å². The molecule has 88 valence electrons. The molecule has 1 aromatic carbocycles. The number of benzene rings is 1. The Hall–Kier alpha value is -1.03. The molecule has 5 heteroatoms. The maximum atomic E-state index is 12.4. The molecule has 0 aromatic heterocycles. The molecule has 1 rings (SSSR count). The molecule has 1 nitrogen and oxygen atoms in total. The number of carbonyl (C=O) groups is 1. The van der Waals surface area contributed by atoms with Crippen LogP contribution in [0.4, 0.5) is 13.2 Å². The van der Waals surface area contributed by atoms with Crippen molar-refractivity contribution in [3.8, 4) is 0 Å². The third-order valence-electron chi connectivity index (χ3n) is 2.07. The Morgan fingerprint density at radius 3 is 2.50 bits per heavy atom. The summed E-state index contributed by atoms with van der Waals surface area (Å²) < 4.78 is 37.2. The van der Waals surface area contributed by atoms with Gasteiger partial charge in [0.05, 0.1) is 10.6 Å².